The summed E-state index contributed by atoms with van der Waals surface area (Å²) in [5.41, 5.74) is 0. The third-order valence-corrected chi connectivity index (χ3v) is 5.59. The zero-order valence-corrected chi connectivity index (χ0v) is 14.9. The van der Waals surface area contributed by atoms with E-state index in [1.165, 1.54) is 25.7 Å². The van der Waals surface area contributed by atoms with Gasteiger partial charge in [-0.1, -0.05) is 0 Å². The van der Waals surface area contributed by atoms with Crippen molar-refractivity contribution in [3.8, 4) is 0 Å². The second-order valence-electron chi connectivity index (χ2n) is 7.90. The smallest absolute Gasteiger partial charge is 0.220 e. The zero-order chi connectivity index (χ0) is 17.1. The van der Waals surface area contributed by atoms with Gasteiger partial charge in [0.2, 0.25) is 5.91 Å². The summed E-state index contributed by atoms with van der Waals surface area (Å²) in [4.78, 5) is 23.0. The summed E-state index contributed by atoms with van der Waals surface area (Å²) in [5.74, 6) is 3.63. The van der Waals surface area contributed by atoms with Crippen LogP contribution in [0.4, 0.5) is 11.6 Å². The number of carbonyl (C=O) groups is 1. The minimum Gasteiger partial charge on any atom is -0.367 e. The quantitative estimate of drug-likeness (QED) is 0.759. The third kappa shape index (κ3) is 5.06. The number of nitrogens with zero attached hydrogens (tertiary/aromatic N) is 3. The number of nitrogens with one attached hydrogen (secondary N) is 2. The highest BCUT2D eigenvalue weighted by Crippen LogP contribution is 2.29. The van der Waals surface area contributed by atoms with E-state index >= 15 is 0 Å². The molecule has 25 heavy (non-hydrogen) atoms. The van der Waals surface area contributed by atoms with E-state index in [0.717, 1.165) is 56.5 Å². The Labute approximate surface area is 149 Å². The number of carbonyl (C=O) groups excluding carboxylic acids is 1. The van der Waals surface area contributed by atoms with Gasteiger partial charge in [0, 0.05) is 38.2 Å². The van der Waals surface area contributed by atoms with Crippen molar-refractivity contribution in [2.75, 3.05) is 29.9 Å². The predicted molar refractivity (Wildman–Crippen MR) is 98.6 cm³/mol. The minimum absolute atomic E-state index is 0.237. The highest BCUT2D eigenvalue weighted by Gasteiger charge is 2.24. The summed E-state index contributed by atoms with van der Waals surface area (Å²) in [6.45, 7) is 2.94. The van der Waals surface area contributed by atoms with Gasteiger partial charge in [-0.25, -0.2) is 9.97 Å². The van der Waals surface area contributed by atoms with Crippen LogP contribution in [-0.4, -0.2) is 41.6 Å². The van der Waals surface area contributed by atoms with E-state index < -0.39 is 0 Å². The average Bonchev–Trinajstić information content (AvgIpc) is 3.54. The van der Waals surface area contributed by atoms with E-state index in [1.54, 1.807) is 6.33 Å². The normalized spacial score (nSPS) is 21.2. The van der Waals surface area contributed by atoms with Crippen molar-refractivity contribution in [3.05, 3.63) is 12.4 Å². The molecule has 3 fully saturated rings. The second-order valence-corrected chi connectivity index (χ2v) is 7.90. The van der Waals surface area contributed by atoms with Gasteiger partial charge in [0.1, 0.15) is 18.0 Å². The molecule has 3 aliphatic rings. The zero-order valence-electron chi connectivity index (χ0n) is 14.9. The lowest BCUT2D eigenvalue weighted by Crippen LogP contribution is -2.35. The number of anilines is 2. The first-order valence-corrected chi connectivity index (χ1v) is 9.86. The maximum Gasteiger partial charge on any atom is 0.220 e. The highest BCUT2D eigenvalue weighted by atomic mass is 16.1. The van der Waals surface area contributed by atoms with Gasteiger partial charge in [-0.2, -0.15) is 0 Å². The van der Waals surface area contributed by atoms with E-state index in [-0.39, 0.29) is 5.91 Å². The Kier molecular flexibility index (Phi) is 5.04. The molecule has 2 N–H and O–H groups in total. The van der Waals surface area contributed by atoms with Gasteiger partial charge in [-0.15, -0.1) is 0 Å². The number of aromatic nitrogens is 2. The van der Waals surface area contributed by atoms with Crippen molar-refractivity contribution < 1.29 is 4.79 Å². The molecule has 2 aliphatic carbocycles. The lowest BCUT2D eigenvalue weighted by Gasteiger charge is -2.32. The summed E-state index contributed by atoms with van der Waals surface area (Å²) in [7, 11) is 0. The molecule has 0 bridgehead atoms. The maximum atomic E-state index is 11.9. The standard InChI is InChI=1S/C19H29N5O/c25-19(20-12-15-1-2-15)6-3-14-7-9-24(10-8-14)18-11-17(21-13-22-18)23-16-4-5-16/h11,13-16H,1-10,12H2,(H,20,25)(H,21,22,23). The first-order chi connectivity index (χ1) is 12.3. The van der Waals surface area contributed by atoms with Crippen LogP contribution in [0.1, 0.15) is 51.4 Å². The van der Waals surface area contributed by atoms with Crippen LogP contribution in [-0.2, 0) is 4.79 Å². The fraction of sp³-hybridized carbons (Fsp3) is 0.737. The van der Waals surface area contributed by atoms with Crippen LogP contribution in [0, 0.1) is 11.8 Å². The van der Waals surface area contributed by atoms with Gasteiger partial charge >= 0.3 is 0 Å². The molecule has 4 rings (SSSR count). The molecule has 0 unspecified atom stereocenters. The summed E-state index contributed by atoms with van der Waals surface area (Å²) >= 11 is 0. The van der Waals surface area contributed by atoms with Crippen molar-refractivity contribution in [2.45, 2.75) is 57.4 Å². The number of hydrogen-bond donors (Lipinski definition) is 2. The van der Waals surface area contributed by atoms with Crippen molar-refractivity contribution in [1.82, 2.24) is 15.3 Å². The first kappa shape index (κ1) is 16.6. The average molecular weight is 343 g/mol. The molecule has 1 saturated heterocycles. The molecule has 2 saturated carbocycles. The Morgan fingerprint density at radius 3 is 2.60 bits per heavy atom. The van der Waals surface area contributed by atoms with Crippen LogP contribution in [0.5, 0.6) is 0 Å². The Balaban J connectivity index is 1.19. The van der Waals surface area contributed by atoms with Crippen molar-refractivity contribution >= 4 is 17.5 Å². The van der Waals surface area contributed by atoms with Crippen LogP contribution >= 0.6 is 0 Å². The molecule has 1 aromatic heterocycles. The molecule has 1 aromatic rings. The van der Waals surface area contributed by atoms with Gasteiger partial charge in [0.05, 0.1) is 0 Å². The topological polar surface area (TPSA) is 70.2 Å². The molecule has 6 nitrogen and oxygen atoms in total. The van der Waals surface area contributed by atoms with Crippen LogP contribution in [0.15, 0.2) is 12.4 Å². The summed E-state index contributed by atoms with van der Waals surface area (Å²) in [6, 6.07) is 2.68. The molecule has 0 aromatic carbocycles. The first-order valence-electron chi connectivity index (χ1n) is 9.86. The molecule has 0 radical (unpaired) electrons. The maximum absolute atomic E-state index is 11.9. The SMILES string of the molecule is O=C(CCC1CCN(c2cc(NC3CC3)ncn2)CC1)NCC1CC1. The van der Waals surface area contributed by atoms with Gasteiger partial charge in [-0.3, -0.25) is 4.79 Å². The molecule has 0 atom stereocenters. The molecular formula is C19H29N5O. The largest absolute Gasteiger partial charge is 0.367 e. The number of hydrogen-bond acceptors (Lipinski definition) is 5. The minimum atomic E-state index is 0.237. The third-order valence-electron chi connectivity index (χ3n) is 5.59. The molecule has 0 spiro atoms. The number of piperidine rings is 1. The molecule has 2 heterocycles. The number of rotatable bonds is 8. The van der Waals surface area contributed by atoms with E-state index in [1.807, 2.05) is 0 Å². The van der Waals surface area contributed by atoms with Crippen LogP contribution in [0.2, 0.25) is 0 Å². The van der Waals surface area contributed by atoms with Crippen LogP contribution in [0.25, 0.3) is 0 Å². The van der Waals surface area contributed by atoms with E-state index in [4.69, 9.17) is 0 Å². The van der Waals surface area contributed by atoms with Crippen molar-refractivity contribution in [3.63, 3.8) is 0 Å². The Hall–Kier alpha value is -1.85. The van der Waals surface area contributed by atoms with Gasteiger partial charge < -0.3 is 15.5 Å². The van der Waals surface area contributed by atoms with E-state index in [2.05, 4.69) is 31.6 Å². The van der Waals surface area contributed by atoms with E-state index in [0.29, 0.717) is 18.4 Å². The van der Waals surface area contributed by atoms with Crippen LogP contribution < -0.4 is 15.5 Å². The Morgan fingerprint density at radius 1 is 1.08 bits per heavy atom. The van der Waals surface area contributed by atoms with E-state index in [9.17, 15) is 4.79 Å². The van der Waals surface area contributed by atoms with Gasteiger partial charge in [0.25, 0.3) is 0 Å². The van der Waals surface area contributed by atoms with Gasteiger partial charge in [-0.05, 0) is 56.8 Å². The molecule has 1 aliphatic heterocycles. The Bertz CT molecular complexity index is 591. The number of amides is 1. The molecule has 136 valence electrons. The summed E-state index contributed by atoms with van der Waals surface area (Å²) in [5, 5.41) is 6.51. The fourth-order valence-electron chi connectivity index (χ4n) is 3.49. The molecular weight excluding hydrogens is 314 g/mol. The van der Waals surface area contributed by atoms with Gasteiger partial charge in [0.15, 0.2) is 0 Å². The highest BCUT2D eigenvalue weighted by molar-refractivity contribution is 5.75. The lowest BCUT2D eigenvalue weighted by molar-refractivity contribution is -0.121. The predicted octanol–water partition coefficient (Wildman–Crippen LogP) is 2.57. The fourth-order valence-corrected chi connectivity index (χ4v) is 3.49. The molecule has 6 heteroatoms. The molecule has 1 amide bonds. The monoisotopic (exact) mass is 343 g/mol. The van der Waals surface area contributed by atoms with Crippen LogP contribution in [0.3, 0.4) is 0 Å². The van der Waals surface area contributed by atoms with Crippen molar-refractivity contribution in [2.24, 2.45) is 11.8 Å². The summed E-state index contributed by atoms with van der Waals surface area (Å²) < 4.78 is 0. The van der Waals surface area contributed by atoms with Crippen molar-refractivity contribution in [1.29, 1.82) is 0 Å². The second kappa shape index (κ2) is 7.58. The lowest BCUT2D eigenvalue weighted by atomic mass is 9.92. The Morgan fingerprint density at radius 2 is 1.88 bits per heavy atom. The summed E-state index contributed by atoms with van der Waals surface area (Å²) in [6.07, 6.45) is 10.7.